The molecule has 0 bridgehead atoms. The van der Waals surface area contributed by atoms with E-state index in [0.717, 1.165) is 50.5 Å². The van der Waals surface area contributed by atoms with Crippen molar-refractivity contribution in [3.8, 4) is 0 Å². The van der Waals surface area contributed by atoms with E-state index in [1.54, 1.807) is 6.92 Å². The van der Waals surface area contributed by atoms with Crippen molar-refractivity contribution in [2.75, 3.05) is 7.11 Å². The SMILES string of the molecule is CCC1(C(C)(C=C(C)C(=O)O)C(C(=O)OC)=C(C)C2CCCC2)CCCCC1. The van der Waals surface area contributed by atoms with E-state index in [-0.39, 0.29) is 11.4 Å². The Balaban J connectivity index is 2.75. The molecule has 2 aliphatic rings. The summed E-state index contributed by atoms with van der Waals surface area (Å²) in [5.74, 6) is -0.819. The molecule has 0 saturated heterocycles. The lowest BCUT2D eigenvalue weighted by molar-refractivity contribution is -0.139. The molecule has 0 aromatic heterocycles. The zero-order valence-corrected chi connectivity index (χ0v) is 18.4. The predicted octanol–water partition coefficient (Wildman–Crippen LogP) is 6.06. The number of carboxylic acids is 1. The third-order valence-electron chi connectivity index (χ3n) is 7.70. The minimum Gasteiger partial charge on any atom is -0.478 e. The van der Waals surface area contributed by atoms with E-state index >= 15 is 0 Å². The summed E-state index contributed by atoms with van der Waals surface area (Å²) >= 11 is 0. The lowest BCUT2D eigenvalue weighted by atomic mass is 9.52. The number of ether oxygens (including phenoxy) is 1. The number of rotatable bonds is 7. The number of carbonyl (C=O) groups excluding carboxylic acids is 1. The highest BCUT2D eigenvalue weighted by Crippen LogP contribution is 2.58. The Hall–Kier alpha value is -1.58. The maximum absolute atomic E-state index is 13.2. The number of methoxy groups -OCH3 is 1. The first kappa shape index (κ1) is 22.7. The molecule has 0 amide bonds. The number of carbonyl (C=O) groups is 2. The summed E-state index contributed by atoms with van der Waals surface area (Å²) < 4.78 is 5.29. The predicted molar refractivity (Wildman–Crippen MR) is 112 cm³/mol. The molecule has 0 heterocycles. The van der Waals surface area contributed by atoms with E-state index in [1.165, 1.54) is 26.4 Å². The van der Waals surface area contributed by atoms with E-state index in [4.69, 9.17) is 4.74 Å². The molecule has 158 valence electrons. The topological polar surface area (TPSA) is 63.6 Å². The molecule has 0 aliphatic heterocycles. The van der Waals surface area contributed by atoms with Gasteiger partial charge < -0.3 is 9.84 Å². The Morgan fingerprint density at radius 3 is 2.14 bits per heavy atom. The van der Waals surface area contributed by atoms with Crippen LogP contribution in [0.5, 0.6) is 0 Å². The van der Waals surface area contributed by atoms with Crippen molar-refractivity contribution in [1.29, 1.82) is 0 Å². The monoisotopic (exact) mass is 390 g/mol. The third-order valence-corrected chi connectivity index (χ3v) is 7.70. The first-order valence-corrected chi connectivity index (χ1v) is 10.9. The molecule has 1 N–H and O–H groups in total. The second-order valence-corrected chi connectivity index (χ2v) is 9.06. The number of hydrogen-bond donors (Lipinski definition) is 1. The second-order valence-electron chi connectivity index (χ2n) is 9.06. The molecule has 1 unspecified atom stereocenters. The molecular formula is C24H38O4. The number of esters is 1. The van der Waals surface area contributed by atoms with Gasteiger partial charge in [-0.3, -0.25) is 0 Å². The molecule has 2 aliphatic carbocycles. The van der Waals surface area contributed by atoms with Crippen LogP contribution in [0.15, 0.2) is 22.8 Å². The Bertz CT molecular complexity index is 646. The Morgan fingerprint density at radius 1 is 1.11 bits per heavy atom. The number of aliphatic carboxylic acids is 1. The number of allylic oxidation sites excluding steroid dienone is 2. The van der Waals surface area contributed by atoms with Gasteiger partial charge in [-0.25, -0.2) is 9.59 Å². The van der Waals surface area contributed by atoms with Crippen molar-refractivity contribution < 1.29 is 19.4 Å². The Labute approximate surface area is 170 Å². The van der Waals surface area contributed by atoms with Gasteiger partial charge in [0.15, 0.2) is 0 Å². The van der Waals surface area contributed by atoms with Crippen LogP contribution < -0.4 is 0 Å². The van der Waals surface area contributed by atoms with Gasteiger partial charge in [0, 0.05) is 16.6 Å². The van der Waals surface area contributed by atoms with Gasteiger partial charge >= 0.3 is 11.9 Å². The summed E-state index contributed by atoms with van der Waals surface area (Å²) in [5.41, 5.74) is 1.36. The largest absolute Gasteiger partial charge is 0.478 e. The van der Waals surface area contributed by atoms with Gasteiger partial charge in [-0.2, -0.15) is 0 Å². The third kappa shape index (κ3) is 4.21. The summed E-state index contributed by atoms with van der Waals surface area (Å²) in [4.78, 5) is 24.9. The molecular weight excluding hydrogens is 352 g/mol. The average molecular weight is 391 g/mol. The molecule has 28 heavy (non-hydrogen) atoms. The van der Waals surface area contributed by atoms with Crippen molar-refractivity contribution in [2.24, 2.45) is 16.7 Å². The summed E-state index contributed by atoms with van der Waals surface area (Å²) in [5, 5.41) is 9.63. The van der Waals surface area contributed by atoms with Crippen molar-refractivity contribution in [3.05, 3.63) is 22.8 Å². The van der Waals surface area contributed by atoms with E-state index in [1.807, 2.05) is 6.08 Å². The van der Waals surface area contributed by atoms with Crippen LogP contribution >= 0.6 is 0 Å². The summed E-state index contributed by atoms with van der Waals surface area (Å²) in [6.45, 7) is 8.01. The van der Waals surface area contributed by atoms with Gasteiger partial charge in [0.1, 0.15) is 0 Å². The fourth-order valence-corrected chi connectivity index (χ4v) is 5.90. The molecule has 4 heteroatoms. The fraction of sp³-hybridized carbons (Fsp3) is 0.750. The zero-order valence-electron chi connectivity index (χ0n) is 18.4. The van der Waals surface area contributed by atoms with Crippen molar-refractivity contribution in [3.63, 3.8) is 0 Å². The van der Waals surface area contributed by atoms with Crippen molar-refractivity contribution in [1.82, 2.24) is 0 Å². The molecule has 1 atom stereocenters. The van der Waals surface area contributed by atoms with Crippen LogP contribution in [0.1, 0.15) is 91.9 Å². The maximum atomic E-state index is 13.2. The number of hydrogen-bond acceptors (Lipinski definition) is 3. The van der Waals surface area contributed by atoms with Crippen LogP contribution in [-0.4, -0.2) is 24.2 Å². The van der Waals surface area contributed by atoms with Crippen LogP contribution in [-0.2, 0) is 14.3 Å². The molecule has 0 aromatic carbocycles. The first-order valence-electron chi connectivity index (χ1n) is 10.9. The van der Waals surface area contributed by atoms with E-state index in [0.29, 0.717) is 17.1 Å². The summed E-state index contributed by atoms with van der Waals surface area (Å²) in [7, 11) is 1.44. The van der Waals surface area contributed by atoms with Gasteiger partial charge in [-0.15, -0.1) is 0 Å². The highest BCUT2D eigenvalue weighted by Gasteiger charge is 2.51. The summed E-state index contributed by atoms with van der Waals surface area (Å²) in [6, 6.07) is 0. The molecule has 0 spiro atoms. The molecule has 0 radical (unpaired) electrons. The molecule has 2 fully saturated rings. The van der Waals surface area contributed by atoms with Crippen molar-refractivity contribution >= 4 is 11.9 Å². The fourth-order valence-electron chi connectivity index (χ4n) is 5.90. The van der Waals surface area contributed by atoms with Gasteiger partial charge in [0.2, 0.25) is 0 Å². The Morgan fingerprint density at radius 2 is 1.68 bits per heavy atom. The van der Waals surface area contributed by atoms with Crippen molar-refractivity contribution in [2.45, 2.75) is 91.9 Å². The maximum Gasteiger partial charge on any atom is 0.334 e. The van der Waals surface area contributed by atoms with Gasteiger partial charge in [-0.05, 0) is 57.3 Å². The van der Waals surface area contributed by atoms with Crippen LogP contribution in [0.3, 0.4) is 0 Å². The molecule has 2 saturated carbocycles. The van der Waals surface area contributed by atoms with Crippen LogP contribution in [0.4, 0.5) is 0 Å². The normalized spacial score (nSPS) is 23.7. The highest BCUT2D eigenvalue weighted by molar-refractivity contribution is 5.93. The first-order chi connectivity index (χ1) is 13.2. The lowest BCUT2D eigenvalue weighted by Gasteiger charge is -2.51. The zero-order chi connectivity index (χ0) is 20.9. The van der Waals surface area contributed by atoms with E-state index in [2.05, 4.69) is 20.8 Å². The van der Waals surface area contributed by atoms with Crippen LogP contribution in [0, 0.1) is 16.7 Å². The Kier molecular flexibility index (Phi) is 7.52. The van der Waals surface area contributed by atoms with E-state index in [9.17, 15) is 14.7 Å². The minimum absolute atomic E-state index is 0.120. The highest BCUT2D eigenvalue weighted by atomic mass is 16.5. The van der Waals surface area contributed by atoms with Gasteiger partial charge in [0.25, 0.3) is 0 Å². The standard InChI is InChI=1S/C24H38O4/c1-6-24(14-10-7-11-15-24)23(4,16-17(2)21(25)26)20(22(27)28-5)18(3)19-12-8-9-13-19/h16,19H,6-15H2,1-5H3,(H,25,26). The molecule has 4 nitrogen and oxygen atoms in total. The summed E-state index contributed by atoms with van der Waals surface area (Å²) in [6.07, 6.45) is 12.9. The molecule has 0 aromatic rings. The molecule has 2 rings (SSSR count). The lowest BCUT2D eigenvalue weighted by Crippen LogP contribution is -2.44. The van der Waals surface area contributed by atoms with E-state index < -0.39 is 11.4 Å². The van der Waals surface area contributed by atoms with Crippen LogP contribution in [0.2, 0.25) is 0 Å². The average Bonchev–Trinajstić information content (AvgIpc) is 3.23. The van der Waals surface area contributed by atoms with Gasteiger partial charge in [0.05, 0.1) is 7.11 Å². The quantitative estimate of drug-likeness (QED) is 0.424. The van der Waals surface area contributed by atoms with Gasteiger partial charge in [-0.1, -0.05) is 57.6 Å². The minimum atomic E-state index is -0.920. The second kappa shape index (κ2) is 9.28. The number of carboxylic acid groups (broad SMARTS) is 1. The van der Waals surface area contributed by atoms with Crippen LogP contribution in [0.25, 0.3) is 0 Å². The smallest absolute Gasteiger partial charge is 0.334 e.